The summed E-state index contributed by atoms with van der Waals surface area (Å²) in [5.41, 5.74) is 0.713. The van der Waals surface area contributed by atoms with Crippen molar-refractivity contribution in [2.45, 2.75) is 28.4 Å². The topological polar surface area (TPSA) is 200 Å². The van der Waals surface area contributed by atoms with Crippen LogP contribution in [0.4, 0.5) is 4.79 Å². The first-order valence-electron chi connectivity index (χ1n) is 13.6. The molecule has 0 bridgehead atoms. The number of fused-ring (bicyclic) bond motifs is 1. The summed E-state index contributed by atoms with van der Waals surface area (Å²) in [5.74, 6) is -3.98. The van der Waals surface area contributed by atoms with E-state index >= 15 is 0 Å². The van der Waals surface area contributed by atoms with Crippen LogP contribution in [0.3, 0.4) is 0 Å². The number of rotatable bonds is 10. The summed E-state index contributed by atoms with van der Waals surface area (Å²) in [6.07, 6.45) is 1.63. The molecule has 1 aromatic carbocycles. The fourth-order valence-corrected chi connectivity index (χ4v) is 8.73. The number of carboxylic acid groups (broad SMARTS) is 1. The van der Waals surface area contributed by atoms with E-state index in [1.807, 2.05) is 0 Å². The van der Waals surface area contributed by atoms with Gasteiger partial charge in [0, 0.05) is 38.2 Å². The second kappa shape index (κ2) is 13.1. The second-order valence-corrected chi connectivity index (χ2v) is 13.1. The van der Waals surface area contributed by atoms with Gasteiger partial charge in [-0.15, -0.1) is 28.6 Å². The molecule has 3 N–H and O–H groups in total. The lowest BCUT2D eigenvalue weighted by Gasteiger charge is -2.56. The number of aliphatic carboxylic acids is 1. The van der Waals surface area contributed by atoms with Crippen LogP contribution < -0.4 is 10.6 Å². The highest BCUT2D eigenvalue weighted by Crippen LogP contribution is 2.51. The number of benzene rings is 1. The zero-order valence-corrected chi connectivity index (χ0v) is 26.8. The number of amides is 6. The number of piperazine rings is 1. The Bertz CT molecular complexity index is 1590. The number of aryl methyl sites for hydroxylation is 1. The Morgan fingerprint density at radius 1 is 1.16 bits per heavy atom. The molecule has 0 saturated carbocycles. The first kappa shape index (κ1) is 32.3. The number of urea groups is 1. The van der Waals surface area contributed by atoms with Crippen molar-refractivity contribution in [1.82, 2.24) is 45.5 Å². The molecule has 2 aromatic rings. The van der Waals surface area contributed by atoms with Crippen molar-refractivity contribution in [3.63, 3.8) is 0 Å². The number of thioether (sulfide) groups is 3. The van der Waals surface area contributed by atoms with Gasteiger partial charge in [-0.3, -0.25) is 29.0 Å². The molecule has 3 aliphatic heterocycles. The van der Waals surface area contributed by atoms with Gasteiger partial charge in [-0.05, 0) is 34.7 Å². The van der Waals surface area contributed by atoms with Crippen molar-refractivity contribution in [3.05, 3.63) is 47.2 Å². The number of carboxylic acids is 1. The van der Waals surface area contributed by atoms with Crippen molar-refractivity contribution < 1.29 is 33.9 Å². The van der Waals surface area contributed by atoms with Gasteiger partial charge in [0.05, 0.1) is 0 Å². The summed E-state index contributed by atoms with van der Waals surface area (Å²) in [4.78, 5) is 80.0. The van der Waals surface area contributed by atoms with Crippen molar-refractivity contribution in [1.29, 1.82) is 0 Å². The van der Waals surface area contributed by atoms with E-state index in [0.29, 0.717) is 22.8 Å². The highest BCUT2D eigenvalue weighted by atomic mass is 32.2. The minimum atomic E-state index is -1.54. The maximum Gasteiger partial charge on any atom is 0.352 e. The van der Waals surface area contributed by atoms with E-state index in [1.54, 1.807) is 50.6 Å². The number of hydrogen-bond donors (Lipinski definition) is 3. The molecule has 1 aromatic heterocycles. The van der Waals surface area contributed by atoms with Gasteiger partial charge in [0.2, 0.25) is 11.1 Å². The van der Waals surface area contributed by atoms with Gasteiger partial charge < -0.3 is 20.6 Å². The number of nitrogens with one attached hydrogen (secondary N) is 2. The van der Waals surface area contributed by atoms with Crippen LogP contribution >= 0.6 is 35.3 Å². The maximum atomic E-state index is 13.9. The number of β-lactam (4-membered cyclic amide) rings is 1. The van der Waals surface area contributed by atoms with Gasteiger partial charge >= 0.3 is 23.8 Å². The average molecular weight is 676 g/mol. The van der Waals surface area contributed by atoms with Crippen molar-refractivity contribution >= 4 is 70.9 Å². The number of nitrogens with zero attached hydrogens (tertiary/aromatic N) is 7. The van der Waals surface area contributed by atoms with Crippen molar-refractivity contribution in [2.24, 2.45) is 7.05 Å². The Hall–Kier alpha value is -4.10. The predicted molar refractivity (Wildman–Crippen MR) is 163 cm³/mol. The molecule has 0 aliphatic carbocycles. The first-order chi connectivity index (χ1) is 21.5. The van der Waals surface area contributed by atoms with E-state index in [-0.39, 0.29) is 30.3 Å². The Morgan fingerprint density at radius 2 is 1.89 bits per heavy atom. The number of carbonyl (C=O) groups excluding carboxylic acids is 5. The van der Waals surface area contributed by atoms with E-state index in [2.05, 4.69) is 26.2 Å². The Balaban J connectivity index is 1.37. The smallest absolute Gasteiger partial charge is 0.352 e. The minimum Gasteiger partial charge on any atom is -0.477 e. The lowest BCUT2D eigenvalue weighted by Crippen LogP contribution is -2.78. The summed E-state index contributed by atoms with van der Waals surface area (Å²) in [5, 5.41) is 26.4. The van der Waals surface area contributed by atoms with Crippen LogP contribution in [-0.2, 0) is 31.0 Å². The summed E-state index contributed by atoms with van der Waals surface area (Å²) in [6.45, 7) is 2.14. The molecule has 45 heavy (non-hydrogen) atoms. The van der Waals surface area contributed by atoms with Gasteiger partial charge in [-0.25, -0.2) is 14.3 Å². The molecule has 2 fully saturated rings. The first-order valence-corrected chi connectivity index (χ1v) is 16.9. The van der Waals surface area contributed by atoms with E-state index in [4.69, 9.17) is 0 Å². The molecule has 3 atom stereocenters. The second-order valence-electron chi connectivity index (χ2n) is 10.0. The van der Waals surface area contributed by atoms with Crippen LogP contribution in [-0.4, -0.2) is 123 Å². The molecular formula is C26H29N9O7S3. The van der Waals surface area contributed by atoms with E-state index < -0.39 is 51.9 Å². The molecule has 16 nitrogen and oxygen atoms in total. The molecule has 0 radical (unpaired) electrons. The molecule has 5 rings (SSSR count). The third-order valence-corrected chi connectivity index (χ3v) is 11.3. The van der Waals surface area contributed by atoms with E-state index in [9.17, 15) is 33.9 Å². The number of imide groups is 1. The molecule has 2 saturated heterocycles. The Kier molecular flexibility index (Phi) is 9.40. The monoisotopic (exact) mass is 675 g/mol. The highest BCUT2D eigenvalue weighted by Gasteiger charge is 2.65. The van der Waals surface area contributed by atoms with Gasteiger partial charge in [0.25, 0.3) is 5.91 Å². The minimum absolute atomic E-state index is 0.0492. The number of carbonyl (C=O) groups is 6. The highest BCUT2D eigenvalue weighted by molar-refractivity contribution is 8.05. The number of aromatic nitrogens is 4. The molecule has 4 heterocycles. The third-order valence-electron chi connectivity index (χ3n) is 7.50. The average Bonchev–Trinajstić information content (AvgIpc) is 3.46. The number of hydrogen-bond acceptors (Lipinski definition) is 12. The van der Waals surface area contributed by atoms with Gasteiger partial charge in [-0.1, -0.05) is 42.1 Å². The molecule has 1 unspecified atom stereocenters. The van der Waals surface area contributed by atoms with Crippen LogP contribution in [0.25, 0.3) is 0 Å². The SMILES string of the molecule is CCN1CCN(C(=O)NC(C(=O)N[C@]2(SC)C(=O)N3C(C(=O)O)=C(CSc4nnnn4C)CS[C@@H]32)c2ccccc2)C(=O)C1=O. The standard InChI is InChI=1S/C26H29N9O7S3/c1-4-33-10-11-34(20(38)19(33)37)24(42)27-16(14-8-6-5-7-9-14)18(36)28-26(43-3)22(41)35-17(21(39)40)15(12-44-23(26)35)13-45-25-29-30-31-32(25)2/h5-9,16,23H,4,10-13H2,1-3H3,(H,27,42)(H,28,36)(H,39,40)/t16?,23-,26+/m1/s1. The Morgan fingerprint density at radius 3 is 2.51 bits per heavy atom. The molecule has 238 valence electrons. The lowest BCUT2D eigenvalue weighted by molar-refractivity contribution is -0.153. The number of likely N-dealkylation sites (N-methyl/N-ethyl adjacent to an activating group) is 1. The molecule has 6 amide bonds. The van der Waals surface area contributed by atoms with Gasteiger partial charge in [-0.2, -0.15) is 0 Å². The summed E-state index contributed by atoms with van der Waals surface area (Å²) in [7, 11) is 1.66. The van der Waals surface area contributed by atoms with Crippen LogP contribution in [0.15, 0.2) is 46.8 Å². The molecule has 3 aliphatic rings. The summed E-state index contributed by atoms with van der Waals surface area (Å²) in [6, 6.07) is 5.97. The summed E-state index contributed by atoms with van der Waals surface area (Å²) >= 11 is 3.59. The maximum absolute atomic E-state index is 13.9. The predicted octanol–water partition coefficient (Wildman–Crippen LogP) is -0.127. The van der Waals surface area contributed by atoms with Crippen LogP contribution in [0, 0.1) is 0 Å². The Labute approximate surface area is 269 Å². The number of tetrazole rings is 1. The van der Waals surface area contributed by atoms with Crippen LogP contribution in [0.2, 0.25) is 0 Å². The molecular weight excluding hydrogens is 647 g/mol. The molecule has 0 spiro atoms. The van der Waals surface area contributed by atoms with E-state index in [1.165, 1.54) is 38.0 Å². The lowest BCUT2D eigenvalue weighted by atomic mass is 10.00. The normalized spacial score (nSPS) is 22.2. The molecule has 19 heteroatoms. The van der Waals surface area contributed by atoms with Gasteiger partial charge in [0.1, 0.15) is 17.1 Å². The van der Waals surface area contributed by atoms with Crippen molar-refractivity contribution in [2.75, 3.05) is 37.4 Å². The third kappa shape index (κ3) is 5.86. The quantitative estimate of drug-likeness (QED) is 0.130. The zero-order chi connectivity index (χ0) is 32.5. The van der Waals surface area contributed by atoms with Gasteiger partial charge in [0.15, 0.2) is 4.87 Å². The fraction of sp³-hybridized carbons (Fsp3) is 0.423. The zero-order valence-electron chi connectivity index (χ0n) is 24.3. The summed E-state index contributed by atoms with van der Waals surface area (Å²) < 4.78 is 1.45. The van der Waals surface area contributed by atoms with E-state index in [0.717, 1.165) is 16.7 Å². The largest absolute Gasteiger partial charge is 0.477 e. The van der Waals surface area contributed by atoms with Crippen LogP contribution in [0.5, 0.6) is 0 Å². The fourth-order valence-electron chi connectivity index (χ4n) is 5.12. The van der Waals surface area contributed by atoms with Crippen molar-refractivity contribution in [3.8, 4) is 0 Å². The van der Waals surface area contributed by atoms with Crippen LogP contribution in [0.1, 0.15) is 18.5 Å².